The van der Waals surface area contributed by atoms with E-state index in [4.69, 9.17) is 0 Å². The molecule has 0 aliphatic carbocycles. The van der Waals surface area contributed by atoms with Crippen LogP contribution in [0.4, 0.5) is 0 Å². The van der Waals surface area contributed by atoms with Gasteiger partial charge in [0.25, 0.3) is 0 Å². The average molecular weight is 651 g/mol. The molecule has 0 spiro atoms. The molecule has 0 bridgehead atoms. The summed E-state index contributed by atoms with van der Waals surface area (Å²) >= 11 is 0. The lowest BCUT2D eigenvalue weighted by molar-refractivity contribution is 0.548. The standard InChI is InChI=1S/C43H44N2P2/c1-6-18-36(19-7-1)32-39(35-47(42-26-12-4-13-27-42)43-28-14-5-15-29-43)45-34-38-21-17-16-20-37(38)33-44-30-31-46(40-22-8-2-9-23-40)41-24-10-3-11-25-41/h1-29,39,44-45H,30-35H2/t39-/m0/s1. The molecule has 0 amide bonds. The molecule has 0 aliphatic rings. The van der Waals surface area contributed by atoms with Gasteiger partial charge in [-0.2, -0.15) is 0 Å². The Labute approximate surface area is 283 Å². The highest BCUT2D eigenvalue weighted by Crippen LogP contribution is 2.35. The highest BCUT2D eigenvalue weighted by atomic mass is 31.1. The fourth-order valence-corrected chi connectivity index (χ4v) is 10.8. The van der Waals surface area contributed by atoms with Crippen LogP contribution < -0.4 is 31.9 Å². The molecule has 2 nitrogen and oxygen atoms in total. The summed E-state index contributed by atoms with van der Waals surface area (Å²) in [5.41, 5.74) is 4.12. The first kappa shape index (κ1) is 33.0. The summed E-state index contributed by atoms with van der Waals surface area (Å²) in [5.74, 6) is 0. The van der Waals surface area contributed by atoms with Gasteiger partial charge in [0.1, 0.15) is 0 Å². The van der Waals surface area contributed by atoms with Crippen molar-refractivity contribution in [2.24, 2.45) is 0 Å². The molecule has 1 atom stereocenters. The van der Waals surface area contributed by atoms with Gasteiger partial charge >= 0.3 is 0 Å². The van der Waals surface area contributed by atoms with Gasteiger partial charge in [-0.05, 0) is 79.0 Å². The maximum atomic E-state index is 4.04. The number of benzene rings is 6. The number of hydrogen-bond acceptors (Lipinski definition) is 2. The van der Waals surface area contributed by atoms with Crippen LogP contribution in [0.15, 0.2) is 176 Å². The van der Waals surface area contributed by atoms with Crippen LogP contribution in [0.3, 0.4) is 0 Å². The van der Waals surface area contributed by atoms with Crippen molar-refractivity contribution in [3.05, 3.63) is 193 Å². The molecule has 0 aliphatic heterocycles. The Morgan fingerprint density at radius 1 is 0.426 bits per heavy atom. The van der Waals surface area contributed by atoms with E-state index in [1.54, 1.807) is 0 Å². The zero-order valence-corrected chi connectivity index (χ0v) is 28.7. The van der Waals surface area contributed by atoms with E-state index >= 15 is 0 Å². The zero-order chi connectivity index (χ0) is 31.9. The summed E-state index contributed by atoms with van der Waals surface area (Å²) in [7, 11) is -0.903. The highest BCUT2D eigenvalue weighted by Gasteiger charge is 2.20. The smallest absolute Gasteiger partial charge is 0.0211 e. The maximum absolute atomic E-state index is 4.04. The SMILES string of the molecule is c1ccc(C[C@@H](CP(c2ccccc2)c2ccccc2)NCc2ccccc2CNCCP(c2ccccc2)c2ccccc2)cc1. The van der Waals surface area contributed by atoms with E-state index in [-0.39, 0.29) is 0 Å². The van der Waals surface area contributed by atoms with Crippen molar-refractivity contribution in [2.45, 2.75) is 25.6 Å². The first-order chi connectivity index (χ1) is 23.3. The molecular formula is C43H44N2P2. The first-order valence-corrected chi connectivity index (χ1v) is 19.7. The Bertz CT molecular complexity index is 1650. The fourth-order valence-electron chi connectivity index (χ4n) is 6.09. The van der Waals surface area contributed by atoms with Gasteiger partial charge in [-0.3, -0.25) is 0 Å². The minimum Gasteiger partial charge on any atom is -0.312 e. The summed E-state index contributed by atoms with van der Waals surface area (Å²) < 4.78 is 0. The van der Waals surface area contributed by atoms with Crippen molar-refractivity contribution >= 4 is 37.1 Å². The molecule has 0 fully saturated rings. The maximum Gasteiger partial charge on any atom is 0.0211 e. The fraction of sp³-hybridized carbons (Fsp3) is 0.163. The molecule has 0 aromatic heterocycles. The molecule has 0 heterocycles. The van der Waals surface area contributed by atoms with Crippen LogP contribution in [-0.2, 0) is 19.5 Å². The first-order valence-electron chi connectivity index (χ1n) is 16.6. The molecule has 0 radical (unpaired) electrons. The Morgan fingerprint density at radius 2 is 0.830 bits per heavy atom. The van der Waals surface area contributed by atoms with Crippen LogP contribution in [0.5, 0.6) is 0 Å². The van der Waals surface area contributed by atoms with Gasteiger partial charge in [0, 0.05) is 19.1 Å². The van der Waals surface area contributed by atoms with Gasteiger partial charge in [-0.1, -0.05) is 176 Å². The summed E-state index contributed by atoms with van der Waals surface area (Å²) in [6, 6.07) is 64.4. The van der Waals surface area contributed by atoms with Crippen LogP contribution in [0, 0.1) is 0 Å². The second-order valence-corrected chi connectivity index (χ2v) is 16.4. The zero-order valence-electron chi connectivity index (χ0n) is 27.0. The van der Waals surface area contributed by atoms with Gasteiger partial charge in [0.15, 0.2) is 0 Å². The van der Waals surface area contributed by atoms with Crippen LogP contribution in [0.1, 0.15) is 16.7 Å². The monoisotopic (exact) mass is 650 g/mol. The topological polar surface area (TPSA) is 24.1 Å². The second kappa shape index (κ2) is 17.9. The third-order valence-corrected chi connectivity index (χ3v) is 13.7. The highest BCUT2D eigenvalue weighted by molar-refractivity contribution is 7.73. The summed E-state index contributed by atoms with van der Waals surface area (Å²) in [6.45, 7) is 2.70. The normalized spacial score (nSPS) is 12.0. The van der Waals surface area contributed by atoms with E-state index < -0.39 is 15.8 Å². The lowest BCUT2D eigenvalue weighted by Gasteiger charge is -2.27. The second-order valence-electron chi connectivity index (χ2n) is 11.8. The molecule has 6 aromatic rings. The Hall–Kier alpha value is -3.90. The lowest BCUT2D eigenvalue weighted by Crippen LogP contribution is -2.36. The molecule has 6 aromatic carbocycles. The minimum absolute atomic E-state index is 0.338. The van der Waals surface area contributed by atoms with Gasteiger partial charge in [-0.25, -0.2) is 0 Å². The Balaban J connectivity index is 1.14. The van der Waals surface area contributed by atoms with Crippen LogP contribution in [-0.4, -0.2) is 24.9 Å². The summed E-state index contributed by atoms with van der Waals surface area (Å²) in [5, 5.41) is 13.6. The number of hydrogen-bond donors (Lipinski definition) is 2. The molecule has 2 N–H and O–H groups in total. The van der Waals surface area contributed by atoms with E-state index in [9.17, 15) is 0 Å². The minimum atomic E-state index is -0.504. The van der Waals surface area contributed by atoms with Crippen molar-refractivity contribution < 1.29 is 0 Å². The van der Waals surface area contributed by atoms with E-state index in [1.807, 2.05) is 0 Å². The molecule has 0 unspecified atom stereocenters. The van der Waals surface area contributed by atoms with Crippen molar-refractivity contribution in [2.75, 3.05) is 18.9 Å². The van der Waals surface area contributed by atoms with Crippen molar-refractivity contribution in [3.8, 4) is 0 Å². The third-order valence-electron chi connectivity index (χ3n) is 8.53. The number of rotatable bonds is 16. The average Bonchev–Trinajstić information content (AvgIpc) is 3.15. The summed E-state index contributed by atoms with van der Waals surface area (Å²) in [6.07, 6.45) is 3.20. The molecular weight excluding hydrogens is 606 g/mol. The lowest BCUT2D eigenvalue weighted by atomic mass is 10.0. The van der Waals surface area contributed by atoms with Crippen LogP contribution in [0.25, 0.3) is 0 Å². The molecule has 236 valence electrons. The molecule has 4 heteroatoms. The van der Waals surface area contributed by atoms with E-state index in [0.29, 0.717) is 6.04 Å². The molecule has 0 saturated heterocycles. The third kappa shape index (κ3) is 9.80. The van der Waals surface area contributed by atoms with E-state index in [1.165, 1.54) is 37.9 Å². The predicted octanol–water partition coefficient (Wildman–Crippen LogP) is 7.74. The van der Waals surface area contributed by atoms with Gasteiger partial charge in [0.2, 0.25) is 0 Å². The molecule has 6 rings (SSSR count). The van der Waals surface area contributed by atoms with Crippen molar-refractivity contribution in [1.29, 1.82) is 0 Å². The van der Waals surface area contributed by atoms with Gasteiger partial charge < -0.3 is 10.6 Å². The molecule has 0 saturated carbocycles. The van der Waals surface area contributed by atoms with Crippen molar-refractivity contribution in [1.82, 2.24) is 10.6 Å². The van der Waals surface area contributed by atoms with Crippen LogP contribution in [0.2, 0.25) is 0 Å². The Morgan fingerprint density at radius 3 is 1.32 bits per heavy atom. The van der Waals surface area contributed by atoms with Crippen molar-refractivity contribution in [3.63, 3.8) is 0 Å². The van der Waals surface area contributed by atoms with E-state index in [0.717, 1.165) is 38.4 Å². The molecule has 47 heavy (non-hydrogen) atoms. The number of nitrogens with one attached hydrogen (secondary N) is 2. The van der Waals surface area contributed by atoms with Gasteiger partial charge in [-0.15, -0.1) is 0 Å². The summed E-state index contributed by atoms with van der Waals surface area (Å²) in [4.78, 5) is 0. The quantitative estimate of drug-likeness (QED) is 0.0828. The Kier molecular flexibility index (Phi) is 12.5. The van der Waals surface area contributed by atoms with Gasteiger partial charge in [0.05, 0.1) is 0 Å². The largest absolute Gasteiger partial charge is 0.312 e. The predicted molar refractivity (Wildman–Crippen MR) is 207 cm³/mol. The van der Waals surface area contributed by atoms with E-state index in [2.05, 4.69) is 187 Å². The van der Waals surface area contributed by atoms with Crippen LogP contribution >= 0.6 is 15.8 Å².